The van der Waals surface area contributed by atoms with Gasteiger partial charge in [-0.05, 0) is 54.2 Å². The highest BCUT2D eigenvalue weighted by atomic mass is 16.3. The molecular weight excluding hydrogens is 428 g/mol. The van der Waals surface area contributed by atoms with Gasteiger partial charge in [0.15, 0.2) is 0 Å². The van der Waals surface area contributed by atoms with Crippen LogP contribution in [-0.4, -0.2) is 38.7 Å². The largest absolute Gasteiger partial charge is 0.506 e. The summed E-state index contributed by atoms with van der Waals surface area (Å²) in [5.41, 5.74) is 9.68. The van der Waals surface area contributed by atoms with Crippen molar-refractivity contribution in [3.63, 3.8) is 0 Å². The lowest BCUT2D eigenvalue weighted by Gasteiger charge is -2.40. The van der Waals surface area contributed by atoms with Crippen LogP contribution < -0.4 is 10.6 Å². The summed E-state index contributed by atoms with van der Waals surface area (Å²) in [7, 11) is 0. The molecule has 4 heterocycles. The monoisotopic (exact) mass is 452 g/mol. The zero-order valence-electron chi connectivity index (χ0n) is 18.8. The maximum Gasteiger partial charge on any atom is 0.248 e. The zero-order valence-corrected chi connectivity index (χ0v) is 18.8. The van der Waals surface area contributed by atoms with Crippen molar-refractivity contribution in [2.45, 2.75) is 25.2 Å². The van der Waals surface area contributed by atoms with E-state index in [1.54, 1.807) is 18.3 Å². The number of carbonyl (C=O) groups excluding carboxylic acids is 1. The third-order valence-corrected chi connectivity index (χ3v) is 6.81. The molecule has 34 heavy (non-hydrogen) atoms. The third-order valence-electron chi connectivity index (χ3n) is 6.81. The average Bonchev–Trinajstić information content (AvgIpc) is 3.27. The Bertz CT molecular complexity index is 1430. The summed E-state index contributed by atoms with van der Waals surface area (Å²) in [6.45, 7) is 3.90. The summed E-state index contributed by atoms with van der Waals surface area (Å²) in [6, 6.07) is 15.3. The maximum atomic E-state index is 11.6. The Balaban J connectivity index is 1.37. The van der Waals surface area contributed by atoms with Crippen molar-refractivity contribution in [3.8, 4) is 22.9 Å². The first-order valence-corrected chi connectivity index (χ1v) is 11.1. The molecule has 3 aromatic heterocycles. The fraction of sp³-hybridized carbons (Fsp3) is 0.231. The number of nitrogens with two attached hydrogens (primary N) is 1. The molecule has 4 aromatic rings. The number of pyridine rings is 2. The van der Waals surface area contributed by atoms with Gasteiger partial charge in [0, 0.05) is 36.0 Å². The zero-order chi connectivity index (χ0) is 23.9. The first-order chi connectivity index (χ1) is 16.4. The fourth-order valence-corrected chi connectivity index (χ4v) is 4.71. The Hall–Kier alpha value is -4.38. The molecule has 0 unspecified atom stereocenters. The quantitative estimate of drug-likeness (QED) is 0.488. The number of piperidine rings is 1. The first-order valence-electron chi connectivity index (χ1n) is 11.1. The van der Waals surface area contributed by atoms with Gasteiger partial charge in [0.1, 0.15) is 17.6 Å². The van der Waals surface area contributed by atoms with E-state index in [4.69, 9.17) is 5.73 Å². The van der Waals surface area contributed by atoms with Gasteiger partial charge in [0.2, 0.25) is 5.91 Å². The minimum Gasteiger partial charge on any atom is -0.506 e. The molecule has 3 N–H and O–H groups in total. The lowest BCUT2D eigenvalue weighted by Crippen LogP contribution is -2.41. The Morgan fingerprint density at radius 2 is 1.97 bits per heavy atom. The second-order valence-electron chi connectivity index (χ2n) is 8.97. The molecular formula is C26H24N6O2. The predicted octanol–water partition coefficient (Wildman–Crippen LogP) is 3.63. The summed E-state index contributed by atoms with van der Waals surface area (Å²) < 4.78 is 1.51. The second-order valence-corrected chi connectivity index (χ2v) is 8.97. The van der Waals surface area contributed by atoms with Gasteiger partial charge < -0.3 is 15.7 Å². The van der Waals surface area contributed by atoms with Crippen LogP contribution in [0.15, 0.2) is 61.1 Å². The van der Waals surface area contributed by atoms with Crippen LogP contribution in [0.5, 0.6) is 5.75 Å². The number of rotatable bonds is 4. The van der Waals surface area contributed by atoms with Crippen LogP contribution >= 0.6 is 0 Å². The number of hydrogen-bond acceptors (Lipinski definition) is 6. The molecule has 0 spiro atoms. The highest BCUT2D eigenvalue weighted by Crippen LogP contribution is 2.37. The topological polar surface area (TPSA) is 121 Å². The number of aromatic hydroxyl groups is 1. The molecule has 0 atom stereocenters. The Morgan fingerprint density at radius 1 is 1.18 bits per heavy atom. The molecule has 0 bridgehead atoms. The van der Waals surface area contributed by atoms with Gasteiger partial charge >= 0.3 is 0 Å². The lowest BCUT2D eigenvalue weighted by atomic mass is 9.74. The third kappa shape index (κ3) is 3.71. The highest BCUT2D eigenvalue weighted by molar-refractivity contribution is 5.93. The Morgan fingerprint density at radius 3 is 2.65 bits per heavy atom. The smallest absolute Gasteiger partial charge is 0.248 e. The van der Waals surface area contributed by atoms with E-state index in [1.165, 1.54) is 16.9 Å². The molecule has 0 radical (unpaired) electrons. The maximum absolute atomic E-state index is 11.6. The van der Waals surface area contributed by atoms with E-state index in [9.17, 15) is 15.2 Å². The van der Waals surface area contributed by atoms with Crippen LogP contribution in [0.3, 0.4) is 0 Å². The van der Waals surface area contributed by atoms with E-state index in [-0.39, 0.29) is 11.2 Å². The van der Waals surface area contributed by atoms with Crippen molar-refractivity contribution in [2.75, 3.05) is 18.0 Å². The molecule has 8 heteroatoms. The van der Waals surface area contributed by atoms with Crippen LogP contribution in [0.1, 0.15) is 41.3 Å². The van der Waals surface area contributed by atoms with Crippen molar-refractivity contribution in [1.29, 1.82) is 5.26 Å². The number of nitriles is 1. The number of carbonyl (C=O) groups is 1. The highest BCUT2D eigenvalue weighted by Gasteiger charge is 2.32. The van der Waals surface area contributed by atoms with E-state index in [0.29, 0.717) is 22.2 Å². The van der Waals surface area contributed by atoms with E-state index < -0.39 is 5.91 Å². The summed E-state index contributed by atoms with van der Waals surface area (Å²) >= 11 is 0. The van der Waals surface area contributed by atoms with E-state index in [1.807, 2.05) is 24.3 Å². The number of aromatic nitrogens is 3. The molecule has 0 saturated carbocycles. The van der Waals surface area contributed by atoms with Crippen LogP contribution in [0, 0.1) is 11.3 Å². The van der Waals surface area contributed by atoms with Gasteiger partial charge in [-0.15, -0.1) is 0 Å². The van der Waals surface area contributed by atoms with Crippen molar-refractivity contribution in [3.05, 3.63) is 77.7 Å². The average molecular weight is 453 g/mol. The number of nitrogens with zero attached hydrogens (tertiary/aromatic N) is 5. The SMILES string of the molecule is CC1(c2cccc(C(N)=O)c2)CCN(c2ccc(-c3cc(O)cn4ncc(C#N)c34)cn2)CC1. The summed E-state index contributed by atoms with van der Waals surface area (Å²) in [5.74, 6) is 0.533. The van der Waals surface area contributed by atoms with Crippen LogP contribution in [0.25, 0.3) is 16.6 Å². The van der Waals surface area contributed by atoms with Crippen molar-refractivity contribution >= 4 is 17.2 Å². The molecule has 1 amide bonds. The number of hydrogen-bond donors (Lipinski definition) is 2. The molecule has 170 valence electrons. The molecule has 8 nitrogen and oxygen atoms in total. The number of fused-ring (bicyclic) bond motifs is 1. The lowest BCUT2D eigenvalue weighted by molar-refractivity contribution is 0.1000. The van der Waals surface area contributed by atoms with E-state index in [0.717, 1.165) is 42.9 Å². The van der Waals surface area contributed by atoms with Gasteiger partial charge in [-0.3, -0.25) is 4.79 Å². The molecule has 1 aliphatic heterocycles. The van der Waals surface area contributed by atoms with Gasteiger partial charge in [-0.1, -0.05) is 19.1 Å². The molecule has 1 aliphatic rings. The molecule has 0 aliphatic carbocycles. The standard InChI is InChI=1S/C26H24N6O2/c1-26(20-4-2-3-17(11-20)25(28)34)7-9-31(10-8-26)23-6-5-18(14-29-23)22-12-21(33)16-32-24(22)19(13-27)15-30-32/h2-6,11-12,14-16,33H,7-10H2,1H3,(H2,28,34). The number of amides is 1. The first kappa shape index (κ1) is 21.5. The van der Waals surface area contributed by atoms with Crippen molar-refractivity contribution < 1.29 is 9.90 Å². The summed E-state index contributed by atoms with van der Waals surface area (Å²) in [5, 5.41) is 23.7. The predicted molar refractivity (Wildman–Crippen MR) is 129 cm³/mol. The number of anilines is 1. The minimum absolute atomic E-state index is 0.0369. The fourth-order valence-electron chi connectivity index (χ4n) is 4.71. The number of benzene rings is 1. The van der Waals surface area contributed by atoms with Gasteiger partial charge in [-0.2, -0.15) is 10.4 Å². The normalized spacial score (nSPS) is 15.2. The van der Waals surface area contributed by atoms with Gasteiger partial charge in [0.25, 0.3) is 0 Å². The summed E-state index contributed by atoms with van der Waals surface area (Å²) in [6.07, 6.45) is 6.58. The van der Waals surface area contributed by atoms with Crippen LogP contribution in [0.2, 0.25) is 0 Å². The second kappa shape index (κ2) is 8.19. The Labute approximate surface area is 196 Å². The van der Waals surface area contributed by atoms with E-state index >= 15 is 0 Å². The van der Waals surface area contributed by atoms with Crippen LogP contribution in [-0.2, 0) is 5.41 Å². The molecule has 1 aromatic carbocycles. The van der Waals surface area contributed by atoms with Gasteiger partial charge in [-0.25, -0.2) is 9.50 Å². The molecule has 1 fully saturated rings. The molecule has 5 rings (SSSR count). The van der Waals surface area contributed by atoms with Crippen molar-refractivity contribution in [1.82, 2.24) is 14.6 Å². The van der Waals surface area contributed by atoms with Crippen LogP contribution in [0.4, 0.5) is 5.82 Å². The molecule has 1 saturated heterocycles. The summed E-state index contributed by atoms with van der Waals surface area (Å²) in [4.78, 5) is 18.5. The van der Waals surface area contributed by atoms with Gasteiger partial charge in [0.05, 0.1) is 23.5 Å². The van der Waals surface area contributed by atoms with E-state index in [2.05, 4.69) is 34.0 Å². The Kier molecular flexibility index (Phi) is 5.17. The number of primary amides is 1. The minimum atomic E-state index is -0.408. The van der Waals surface area contributed by atoms with Crippen molar-refractivity contribution in [2.24, 2.45) is 5.73 Å².